The summed E-state index contributed by atoms with van der Waals surface area (Å²) in [6.07, 6.45) is 1.15. The van der Waals surface area contributed by atoms with E-state index >= 15 is 0 Å². The van der Waals surface area contributed by atoms with Gasteiger partial charge in [0.05, 0.1) is 11.1 Å². The minimum atomic E-state index is -0.578. The molecule has 0 aromatic heterocycles. The molecule has 0 saturated carbocycles. The molecule has 0 spiro atoms. The van der Waals surface area contributed by atoms with Crippen LogP contribution in [0, 0.1) is 0 Å². The van der Waals surface area contributed by atoms with Gasteiger partial charge in [-0.1, -0.05) is 12.1 Å². The number of anilines is 1. The number of halogens is 1. The molecule has 4 heteroatoms. The van der Waals surface area contributed by atoms with Crippen LogP contribution in [0.2, 0.25) is 0 Å². The molecule has 1 aliphatic rings. The Labute approximate surface area is 98.8 Å². The van der Waals surface area contributed by atoms with E-state index in [2.05, 4.69) is 5.32 Å². The molecule has 0 bridgehead atoms. The van der Waals surface area contributed by atoms with Gasteiger partial charge in [-0.3, -0.25) is 9.59 Å². The summed E-state index contributed by atoms with van der Waals surface area (Å²) in [5, 5.41) is 2.17. The molecule has 2 rings (SSSR count). The fourth-order valence-electron chi connectivity index (χ4n) is 1.83. The lowest BCUT2D eigenvalue weighted by atomic mass is 9.96. The molecular formula is C12H12ClNO2. The third-order valence-corrected chi connectivity index (χ3v) is 2.86. The number of alkyl halides is 1. The predicted molar refractivity (Wildman–Crippen MR) is 63.0 cm³/mol. The van der Waals surface area contributed by atoms with Gasteiger partial charge in [0.1, 0.15) is 0 Å². The summed E-state index contributed by atoms with van der Waals surface area (Å²) in [4.78, 5) is 23.2. The average Bonchev–Trinajstić information content (AvgIpc) is 2.27. The fraction of sp³-hybridized carbons (Fsp3) is 0.333. The van der Waals surface area contributed by atoms with Gasteiger partial charge in [0.15, 0.2) is 5.78 Å². The van der Waals surface area contributed by atoms with Crippen molar-refractivity contribution in [1.29, 1.82) is 0 Å². The van der Waals surface area contributed by atoms with Crippen LogP contribution in [0.25, 0.3) is 0 Å². The second-order valence-electron chi connectivity index (χ2n) is 3.87. The van der Waals surface area contributed by atoms with Crippen molar-refractivity contribution in [3.63, 3.8) is 0 Å². The number of carbonyl (C=O) groups excluding carboxylic acids is 2. The Bertz CT molecular complexity index is 454. The normalized spacial score (nSPS) is 16.2. The quantitative estimate of drug-likeness (QED) is 0.634. The molecule has 1 unspecified atom stereocenters. The highest BCUT2D eigenvalue weighted by molar-refractivity contribution is 6.34. The number of hydrogen-bond acceptors (Lipinski definition) is 2. The minimum absolute atomic E-state index is 0.0463. The van der Waals surface area contributed by atoms with E-state index < -0.39 is 5.38 Å². The zero-order valence-corrected chi connectivity index (χ0v) is 9.67. The Balaban J connectivity index is 2.47. The first-order valence-corrected chi connectivity index (χ1v) is 5.63. The molecule has 1 N–H and O–H groups in total. The standard InChI is InChI=1S/C12H12ClNO2/c1-7(13)12(16)9-4-2-3-8-5-6-10(15)14-11(8)9/h2-4,7H,5-6H2,1H3,(H,14,15). The number of aryl methyl sites for hydroxylation is 1. The van der Waals surface area contributed by atoms with Crippen LogP contribution in [0.4, 0.5) is 5.69 Å². The Kier molecular flexibility index (Phi) is 2.97. The second-order valence-corrected chi connectivity index (χ2v) is 4.52. The van der Waals surface area contributed by atoms with Crippen molar-refractivity contribution >= 4 is 29.0 Å². The van der Waals surface area contributed by atoms with E-state index in [1.165, 1.54) is 0 Å². The van der Waals surface area contributed by atoms with Crippen LogP contribution >= 0.6 is 11.6 Å². The predicted octanol–water partition coefficient (Wildman–Crippen LogP) is 2.38. The van der Waals surface area contributed by atoms with Gasteiger partial charge in [-0.05, 0) is 25.0 Å². The summed E-state index contributed by atoms with van der Waals surface area (Å²) in [6, 6.07) is 5.44. The van der Waals surface area contributed by atoms with E-state index in [9.17, 15) is 9.59 Å². The molecule has 0 aliphatic carbocycles. The molecule has 16 heavy (non-hydrogen) atoms. The molecule has 1 aromatic rings. The maximum atomic E-state index is 11.8. The highest BCUT2D eigenvalue weighted by Crippen LogP contribution is 2.28. The third kappa shape index (κ3) is 1.95. The largest absolute Gasteiger partial charge is 0.325 e. The number of carbonyl (C=O) groups is 2. The Morgan fingerprint density at radius 2 is 2.19 bits per heavy atom. The first-order chi connectivity index (χ1) is 7.59. The SMILES string of the molecule is CC(Cl)C(=O)c1cccc2c1NC(=O)CC2. The first kappa shape index (κ1) is 11.1. The van der Waals surface area contributed by atoms with Crippen molar-refractivity contribution in [2.45, 2.75) is 25.1 Å². The summed E-state index contributed by atoms with van der Waals surface area (Å²) in [6.45, 7) is 1.63. The van der Waals surface area contributed by atoms with Crippen molar-refractivity contribution in [2.24, 2.45) is 0 Å². The van der Waals surface area contributed by atoms with Crippen LogP contribution < -0.4 is 5.32 Å². The van der Waals surface area contributed by atoms with E-state index in [4.69, 9.17) is 11.6 Å². The van der Waals surface area contributed by atoms with Crippen LogP contribution in [0.5, 0.6) is 0 Å². The molecule has 84 valence electrons. The minimum Gasteiger partial charge on any atom is -0.325 e. The summed E-state index contributed by atoms with van der Waals surface area (Å²) in [5.74, 6) is -0.198. The number of para-hydroxylation sites is 1. The van der Waals surface area contributed by atoms with E-state index in [-0.39, 0.29) is 11.7 Å². The number of rotatable bonds is 2. The van der Waals surface area contributed by atoms with Gasteiger partial charge in [-0.15, -0.1) is 11.6 Å². The topological polar surface area (TPSA) is 46.2 Å². The summed E-state index contributed by atoms with van der Waals surface area (Å²) in [7, 11) is 0. The van der Waals surface area contributed by atoms with Crippen LogP contribution in [-0.4, -0.2) is 17.1 Å². The number of hydrogen-bond donors (Lipinski definition) is 1. The summed E-state index contributed by atoms with van der Waals surface area (Å²) in [5.41, 5.74) is 2.15. The van der Waals surface area contributed by atoms with E-state index in [0.29, 0.717) is 24.1 Å². The van der Waals surface area contributed by atoms with Gasteiger partial charge in [0, 0.05) is 12.0 Å². The number of ketones is 1. The van der Waals surface area contributed by atoms with Crippen molar-refractivity contribution in [1.82, 2.24) is 0 Å². The summed E-state index contributed by atoms with van der Waals surface area (Å²) < 4.78 is 0. The number of nitrogens with one attached hydrogen (secondary N) is 1. The lowest BCUT2D eigenvalue weighted by Gasteiger charge is -2.19. The van der Waals surface area contributed by atoms with Crippen molar-refractivity contribution in [3.05, 3.63) is 29.3 Å². The Hall–Kier alpha value is -1.35. The summed E-state index contributed by atoms with van der Waals surface area (Å²) >= 11 is 5.78. The number of benzene rings is 1. The monoisotopic (exact) mass is 237 g/mol. The van der Waals surface area contributed by atoms with Gasteiger partial charge >= 0.3 is 0 Å². The molecule has 1 aliphatic heterocycles. The van der Waals surface area contributed by atoms with Gasteiger partial charge in [-0.2, -0.15) is 0 Å². The molecule has 1 aromatic carbocycles. The van der Waals surface area contributed by atoms with Crippen molar-refractivity contribution < 1.29 is 9.59 Å². The van der Waals surface area contributed by atoms with Gasteiger partial charge in [0.25, 0.3) is 0 Å². The van der Waals surface area contributed by atoms with Crippen molar-refractivity contribution in [3.8, 4) is 0 Å². The van der Waals surface area contributed by atoms with Crippen LogP contribution in [0.3, 0.4) is 0 Å². The molecule has 0 fully saturated rings. The molecule has 0 radical (unpaired) electrons. The second kappa shape index (κ2) is 4.26. The van der Waals surface area contributed by atoms with E-state index in [1.807, 2.05) is 12.1 Å². The number of amides is 1. The molecule has 1 atom stereocenters. The number of Topliss-reactive ketones (excluding diaryl/α,β-unsaturated/α-hetero) is 1. The molecule has 1 heterocycles. The molecular weight excluding hydrogens is 226 g/mol. The molecule has 3 nitrogen and oxygen atoms in total. The average molecular weight is 238 g/mol. The van der Waals surface area contributed by atoms with Gasteiger partial charge < -0.3 is 5.32 Å². The Morgan fingerprint density at radius 1 is 1.44 bits per heavy atom. The van der Waals surface area contributed by atoms with Crippen LogP contribution in [0.15, 0.2) is 18.2 Å². The fourth-order valence-corrected chi connectivity index (χ4v) is 1.94. The maximum Gasteiger partial charge on any atom is 0.224 e. The highest BCUT2D eigenvalue weighted by Gasteiger charge is 2.22. The maximum absolute atomic E-state index is 11.8. The van der Waals surface area contributed by atoms with E-state index in [0.717, 1.165) is 5.56 Å². The molecule has 0 saturated heterocycles. The first-order valence-electron chi connectivity index (χ1n) is 5.19. The van der Waals surface area contributed by atoms with Crippen LogP contribution in [0.1, 0.15) is 29.3 Å². The van der Waals surface area contributed by atoms with Gasteiger partial charge in [-0.25, -0.2) is 0 Å². The highest BCUT2D eigenvalue weighted by atomic mass is 35.5. The lowest BCUT2D eigenvalue weighted by Crippen LogP contribution is -2.23. The lowest BCUT2D eigenvalue weighted by molar-refractivity contribution is -0.116. The van der Waals surface area contributed by atoms with Crippen molar-refractivity contribution in [2.75, 3.05) is 5.32 Å². The molecule has 1 amide bonds. The van der Waals surface area contributed by atoms with Gasteiger partial charge in [0.2, 0.25) is 5.91 Å². The zero-order chi connectivity index (χ0) is 11.7. The Morgan fingerprint density at radius 3 is 2.88 bits per heavy atom. The smallest absolute Gasteiger partial charge is 0.224 e. The van der Waals surface area contributed by atoms with E-state index in [1.54, 1.807) is 13.0 Å². The third-order valence-electron chi connectivity index (χ3n) is 2.66. The van der Waals surface area contributed by atoms with Crippen LogP contribution in [-0.2, 0) is 11.2 Å². The zero-order valence-electron chi connectivity index (χ0n) is 8.92. The number of fused-ring (bicyclic) bond motifs is 1.